The zero-order valence-corrected chi connectivity index (χ0v) is 12.6. The van der Waals surface area contributed by atoms with Gasteiger partial charge in [0, 0.05) is 27.9 Å². The maximum Gasteiger partial charge on any atom is 0.335 e. The summed E-state index contributed by atoms with van der Waals surface area (Å²) < 4.78 is 0. The topological polar surface area (TPSA) is 62.2 Å². The zero-order valence-electron chi connectivity index (χ0n) is 11.8. The van der Waals surface area contributed by atoms with Gasteiger partial charge in [0.15, 0.2) is 0 Å². The first kappa shape index (κ1) is 14.5. The summed E-state index contributed by atoms with van der Waals surface area (Å²) in [5, 5.41) is 12.3. The first-order valence-corrected chi connectivity index (χ1v) is 7.29. The average molecular weight is 290 g/mol. The molecule has 0 fully saturated rings. The SMILES string of the molecule is Cc1cc(C(=O)O)cc(NC(C)Cc2ccc(C)s2)n1. The number of hydrogen-bond acceptors (Lipinski definition) is 4. The summed E-state index contributed by atoms with van der Waals surface area (Å²) in [6.07, 6.45) is 0.899. The van der Waals surface area contributed by atoms with Crippen LogP contribution in [-0.4, -0.2) is 22.1 Å². The summed E-state index contributed by atoms with van der Waals surface area (Å²) in [7, 11) is 0. The van der Waals surface area contributed by atoms with Gasteiger partial charge in [-0.1, -0.05) is 0 Å². The number of hydrogen-bond donors (Lipinski definition) is 2. The van der Waals surface area contributed by atoms with Gasteiger partial charge in [-0.3, -0.25) is 0 Å². The number of aromatic carboxylic acids is 1. The normalized spacial score (nSPS) is 12.2. The van der Waals surface area contributed by atoms with Crippen molar-refractivity contribution in [1.29, 1.82) is 0 Å². The Kier molecular flexibility index (Phi) is 4.39. The van der Waals surface area contributed by atoms with Gasteiger partial charge in [-0.15, -0.1) is 11.3 Å². The first-order valence-electron chi connectivity index (χ1n) is 6.48. The van der Waals surface area contributed by atoms with Crippen LogP contribution in [0.5, 0.6) is 0 Å². The number of nitrogens with zero attached hydrogens (tertiary/aromatic N) is 1. The molecule has 0 aromatic carbocycles. The van der Waals surface area contributed by atoms with Crippen LogP contribution >= 0.6 is 11.3 Å². The first-order chi connectivity index (χ1) is 9.44. The number of carboxylic acids is 1. The molecule has 1 atom stereocenters. The van der Waals surface area contributed by atoms with Crippen molar-refractivity contribution in [3.63, 3.8) is 0 Å². The van der Waals surface area contributed by atoms with Gasteiger partial charge in [-0.25, -0.2) is 9.78 Å². The van der Waals surface area contributed by atoms with Gasteiger partial charge in [0.1, 0.15) is 5.82 Å². The van der Waals surface area contributed by atoms with Crippen molar-refractivity contribution in [1.82, 2.24) is 4.98 Å². The lowest BCUT2D eigenvalue weighted by Gasteiger charge is -2.14. The maximum atomic E-state index is 11.0. The van der Waals surface area contributed by atoms with E-state index in [1.165, 1.54) is 9.75 Å². The van der Waals surface area contributed by atoms with E-state index in [0.717, 1.165) is 6.42 Å². The number of anilines is 1. The lowest BCUT2D eigenvalue weighted by atomic mass is 10.2. The molecule has 2 N–H and O–H groups in total. The minimum absolute atomic E-state index is 0.198. The molecule has 0 aliphatic heterocycles. The fourth-order valence-electron chi connectivity index (χ4n) is 2.07. The van der Waals surface area contributed by atoms with Crippen molar-refractivity contribution in [2.45, 2.75) is 33.2 Å². The molecule has 0 amide bonds. The highest BCUT2D eigenvalue weighted by Gasteiger charge is 2.10. The Morgan fingerprint density at radius 3 is 2.75 bits per heavy atom. The molecule has 2 aromatic rings. The number of aryl methyl sites for hydroxylation is 2. The van der Waals surface area contributed by atoms with Crippen LogP contribution in [0.4, 0.5) is 5.82 Å². The van der Waals surface area contributed by atoms with Gasteiger partial charge in [-0.2, -0.15) is 0 Å². The predicted molar refractivity (Wildman–Crippen MR) is 81.8 cm³/mol. The van der Waals surface area contributed by atoms with E-state index < -0.39 is 5.97 Å². The molecule has 1 unspecified atom stereocenters. The second-order valence-electron chi connectivity index (χ2n) is 4.95. The number of pyridine rings is 1. The van der Waals surface area contributed by atoms with E-state index in [2.05, 4.69) is 36.3 Å². The Balaban J connectivity index is 2.07. The van der Waals surface area contributed by atoms with Crippen LogP contribution in [0.2, 0.25) is 0 Å². The molecule has 0 saturated carbocycles. The van der Waals surface area contributed by atoms with E-state index in [0.29, 0.717) is 11.5 Å². The molecule has 5 heteroatoms. The molecule has 0 spiro atoms. The molecule has 2 rings (SSSR count). The van der Waals surface area contributed by atoms with Crippen LogP contribution in [0.1, 0.15) is 32.7 Å². The van der Waals surface area contributed by atoms with E-state index in [1.807, 2.05) is 0 Å². The summed E-state index contributed by atoms with van der Waals surface area (Å²) >= 11 is 1.78. The third-order valence-electron chi connectivity index (χ3n) is 2.90. The van der Waals surface area contributed by atoms with E-state index in [1.54, 1.807) is 30.4 Å². The summed E-state index contributed by atoms with van der Waals surface area (Å²) in [6, 6.07) is 7.58. The third kappa shape index (κ3) is 3.81. The predicted octanol–water partition coefficient (Wildman–Crippen LogP) is 3.50. The summed E-state index contributed by atoms with van der Waals surface area (Å²) in [4.78, 5) is 18.0. The highest BCUT2D eigenvalue weighted by Crippen LogP contribution is 2.18. The molecule has 106 valence electrons. The quantitative estimate of drug-likeness (QED) is 0.884. The zero-order chi connectivity index (χ0) is 14.7. The highest BCUT2D eigenvalue weighted by molar-refractivity contribution is 7.11. The van der Waals surface area contributed by atoms with Gasteiger partial charge < -0.3 is 10.4 Å². The summed E-state index contributed by atoms with van der Waals surface area (Å²) in [5.74, 6) is -0.316. The number of aromatic nitrogens is 1. The van der Waals surface area contributed by atoms with E-state index in [4.69, 9.17) is 5.11 Å². The van der Waals surface area contributed by atoms with Gasteiger partial charge in [0.2, 0.25) is 0 Å². The molecular weight excluding hydrogens is 272 g/mol. The molecule has 0 aliphatic carbocycles. The van der Waals surface area contributed by atoms with Gasteiger partial charge in [0.05, 0.1) is 5.56 Å². The number of carboxylic acid groups (broad SMARTS) is 1. The molecule has 4 nitrogen and oxygen atoms in total. The van der Waals surface area contributed by atoms with Gasteiger partial charge >= 0.3 is 5.97 Å². The monoisotopic (exact) mass is 290 g/mol. The number of carbonyl (C=O) groups is 1. The van der Waals surface area contributed by atoms with Crippen LogP contribution in [0.25, 0.3) is 0 Å². The lowest BCUT2D eigenvalue weighted by Crippen LogP contribution is -2.19. The van der Waals surface area contributed by atoms with Crippen molar-refractivity contribution >= 4 is 23.1 Å². The van der Waals surface area contributed by atoms with Crippen LogP contribution in [-0.2, 0) is 6.42 Å². The molecule has 0 radical (unpaired) electrons. The summed E-state index contributed by atoms with van der Waals surface area (Å²) in [6.45, 7) is 5.96. The Morgan fingerprint density at radius 1 is 1.40 bits per heavy atom. The largest absolute Gasteiger partial charge is 0.478 e. The second-order valence-corrected chi connectivity index (χ2v) is 6.32. The smallest absolute Gasteiger partial charge is 0.335 e. The van der Waals surface area contributed by atoms with Crippen molar-refractivity contribution in [2.75, 3.05) is 5.32 Å². The Labute approximate surface area is 122 Å². The third-order valence-corrected chi connectivity index (χ3v) is 3.92. The lowest BCUT2D eigenvalue weighted by molar-refractivity contribution is 0.0696. The molecule has 2 aromatic heterocycles. The van der Waals surface area contributed by atoms with Crippen molar-refractivity contribution in [3.05, 3.63) is 45.3 Å². The van der Waals surface area contributed by atoms with E-state index in [-0.39, 0.29) is 11.6 Å². The fraction of sp³-hybridized carbons (Fsp3) is 0.333. The Hall–Kier alpha value is -1.88. The Morgan fingerprint density at radius 2 is 2.15 bits per heavy atom. The molecule has 0 aliphatic rings. The van der Waals surface area contributed by atoms with Crippen molar-refractivity contribution < 1.29 is 9.90 Å². The van der Waals surface area contributed by atoms with E-state index in [9.17, 15) is 4.79 Å². The fourth-order valence-corrected chi connectivity index (χ4v) is 3.09. The average Bonchev–Trinajstić information content (AvgIpc) is 2.73. The minimum Gasteiger partial charge on any atom is -0.478 e. The molecule has 0 bridgehead atoms. The Bertz CT molecular complexity index is 622. The van der Waals surface area contributed by atoms with Crippen LogP contribution in [0, 0.1) is 13.8 Å². The number of nitrogens with one attached hydrogen (secondary N) is 1. The molecule has 0 saturated heterocycles. The highest BCUT2D eigenvalue weighted by atomic mass is 32.1. The van der Waals surface area contributed by atoms with E-state index >= 15 is 0 Å². The molecule has 2 heterocycles. The van der Waals surface area contributed by atoms with Crippen molar-refractivity contribution in [3.8, 4) is 0 Å². The van der Waals surface area contributed by atoms with Crippen molar-refractivity contribution in [2.24, 2.45) is 0 Å². The second kappa shape index (κ2) is 6.05. The number of thiophene rings is 1. The van der Waals surface area contributed by atoms with Crippen LogP contribution in [0.15, 0.2) is 24.3 Å². The molecular formula is C15H18N2O2S. The molecule has 20 heavy (non-hydrogen) atoms. The van der Waals surface area contributed by atoms with Crippen LogP contribution in [0.3, 0.4) is 0 Å². The van der Waals surface area contributed by atoms with Gasteiger partial charge in [-0.05, 0) is 45.0 Å². The summed E-state index contributed by atoms with van der Waals surface area (Å²) in [5.41, 5.74) is 0.964. The maximum absolute atomic E-state index is 11.0. The minimum atomic E-state index is -0.930. The van der Waals surface area contributed by atoms with Crippen LogP contribution < -0.4 is 5.32 Å². The standard InChI is InChI=1S/C15H18N2O2S/c1-9-6-12(15(18)19)8-14(16-9)17-10(2)7-13-5-4-11(3)20-13/h4-6,8,10H,7H2,1-3H3,(H,16,17)(H,18,19). The number of rotatable bonds is 5. The van der Waals surface area contributed by atoms with Gasteiger partial charge in [0.25, 0.3) is 0 Å².